The average Bonchev–Trinajstić information content (AvgIpc) is 3.00. The number of benzene rings is 1. The van der Waals surface area contributed by atoms with Gasteiger partial charge in [0, 0.05) is 10.5 Å². The first-order valence-corrected chi connectivity index (χ1v) is 10.2. The Hall–Kier alpha value is -1.36. The number of hydrogen-bond donors (Lipinski definition) is 1. The Labute approximate surface area is 164 Å². The lowest BCUT2D eigenvalue weighted by molar-refractivity contribution is -0.156. The van der Waals surface area contributed by atoms with Crippen molar-refractivity contribution < 1.29 is 14.3 Å². The zero-order chi connectivity index (χ0) is 19.3. The van der Waals surface area contributed by atoms with Gasteiger partial charge in [0.15, 0.2) is 0 Å². The van der Waals surface area contributed by atoms with Gasteiger partial charge in [0.05, 0.1) is 17.6 Å². The molecular formula is C21H28BrNO3. The Morgan fingerprint density at radius 3 is 2.27 bits per heavy atom. The van der Waals surface area contributed by atoms with Gasteiger partial charge in [-0.15, -0.1) is 0 Å². The summed E-state index contributed by atoms with van der Waals surface area (Å²) in [4.78, 5) is 25.3. The van der Waals surface area contributed by atoms with Gasteiger partial charge < -0.3 is 10.1 Å². The van der Waals surface area contributed by atoms with E-state index in [1.165, 1.54) is 0 Å². The van der Waals surface area contributed by atoms with Crippen LogP contribution in [0.2, 0.25) is 0 Å². The number of hydrogen-bond acceptors (Lipinski definition) is 3. The van der Waals surface area contributed by atoms with E-state index < -0.39 is 0 Å². The molecule has 1 aromatic rings. The molecule has 0 heterocycles. The molecular weight excluding hydrogens is 394 g/mol. The highest BCUT2D eigenvalue weighted by Gasteiger charge is 2.80. The van der Waals surface area contributed by atoms with Crippen molar-refractivity contribution in [3.63, 3.8) is 0 Å². The topological polar surface area (TPSA) is 55.4 Å². The van der Waals surface area contributed by atoms with E-state index in [9.17, 15) is 9.59 Å². The number of rotatable bonds is 5. The predicted octanol–water partition coefficient (Wildman–Crippen LogP) is 5.03. The summed E-state index contributed by atoms with van der Waals surface area (Å²) in [6.45, 7) is 11.1. The molecule has 1 aromatic carbocycles. The van der Waals surface area contributed by atoms with Crippen LogP contribution < -0.4 is 5.32 Å². The molecule has 2 bridgehead atoms. The SMILES string of the molecule is CC(C)COC(=O)c1ccc(NC(=O)C23CCC(C)(C2Br)C3(C)C)cc1. The molecule has 3 atom stereocenters. The maximum Gasteiger partial charge on any atom is 0.338 e. The summed E-state index contributed by atoms with van der Waals surface area (Å²) in [5.41, 5.74) is 0.947. The van der Waals surface area contributed by atoms with Crippen molar-refractivity contribution in [2.24, 2.45) is 22.2 Å². The number of ether oxygens (including phenoxy) is 1. The summed E-state index contributed by atoms with van der Waals surface area (Å²) in [6, 6.07) is 6.94. The molecule has 26 heavy (non-hydrogen) atoms. The van der Waals surface area contributed by atoms with Crippen LogP contribution in [0.1, 0.15) is 57.8 Å². The molecule has 4 rings (SSSR count). The Kier molecular flexibility index (Phi) is 4.75. The number of alkyl halides is 1. The van der Waals surface area contributed by atoms with E-state index in [0.717, 1.165) is 12.8 Å². The van der Waals surface area contributed by atoms with Gasteiger partial charge in [-0.05, 0) is 53.9 Å². The highest BCUT2D eigenvalue weighted by atomic mass is 79.9. The fourth-order valence-corrected chi connectivity index (χ4v) is 6.53. The van der Waals surface area contributed by atoms with Gasteiger partial charge in [-0.2, -0.15) is 0 Å². The third-order valence-corrected chi connectivity index (χ3v) is 8.70. The second-order valence-electron chi connectivity index (χ2n) is 8.90. The van der Waals surface area contributed by atoms with E-state index in [0.29, 0.717) is 23.8 Å². The maximum atomic E-state index is 13.1. The molecule has 0 spiro atoms. The number of nitrogens with one attached hydrogen (secondary N) is 1. The summed E-state index contributed by atoms with van der Waals surface area (Å²) in [7, 11) is 0. The highest BCUT2D eigenvalue weighted by molar-refractivity contribution is 9.09. The molecule has 142 valence electrons. The third kappa shape index (κ3) is 2.54. The van der Waals surface area contributed by atoms with Crippen LogP contribution >= 0.6 is 15.9 Å². The summed E-state index contributed by atoms with van der Waals surface area (Å²) in [6.07, 6.45) is 1.96. The number of carbonyl (C=O) groups excluding carboxylic acids is 2. The standard InChI is InChI=1S/C21H28BrNO3/c1-13(2)12-26-16(24)14-6-8-15(9-7-14)23-18(25)21-11-10-20(5,17(21)22)19(21,3)4/h6-9,13,17H,10-12H2,1-5H3,(H,23,25). The van der Waals surface area contributed by atoms with Crippen molar-refractivity contribution in [2.45, 2.75) is 52.3 Å². The van der Waals surface area contributed by atoms with Crippen LogP contribution in [-0.2, 0) is 9.53 Å². The van der Waals surface area contributed by atoms with Gasteiger partial charge in [-0.3, -0.25) is 4.79 Å². The first-order valence-electron chi connectivity index (χ1n) is 9.29. The molecule has 3 saturated carbocycles. The number of carbonyl (C=O) groups is 2. The van der Waals surface area contributed by atoms with Gasteiger partial charge in [-0.1, -0.05) is 50.5 Å². The van der Waals surface area contributed by atoms with Crippen LogP contribution in [0.5, 0.6) is 0 Å². The van der Waals surface area contributed by atoms with Gasteiger partial charge in [0.1, 0.15) is 0 Å². The molecule has 3 aliphatic carbocycles. The molecule has 3 unspecified atom stereocenters. The van der Waals surface area contributed by atoms with E-state index in [4.69, 9.17) is 4.74 Å². The van der Waals surface area contributed by atoms with Crippen molar-refractivity contribution >= 4 is 33.5 Å². The monoisotopic (exact) mass is 421 g/mol. The molecule has 1 N–H and O–H groups in total. The van der Waals surface area contributed by atoms with Crippen LogP contribution in [0.25, 0.3) is 0 Å². The number of fused-ring (bicyclic) bond motifs is 1. The lowest BCUT2D eigenvalue weighted by atomic mass is 9.43. The zero-order valence-electron chi connectivity index (χ0n) is 16.2. The Morgan fingerprint density at radius 1 is 1.19 bits per heavy atom. The van der Waals surface area contributed by atoms with Gasteiger partial charge >= 0.3 is 5.97 Å². The van der Waals surface area contributed by atoms with E-state index >= 15 is 0 Å². The Bertz CT molecular complexity index is 727. The zero-order valence-corrected chi connectivity index (χ0v) is 17.8. The predicted molar refractivity (Wildman–Crippen MR) is 106 cm³/mol. The molecule has 0 radical (unpaired) electrons. The van der Waals surface area contributed by atoms with Crippen molar-refractivity contribution in [2.75, 3.05) is 11.9 Å². The van der Waals surface area contributed by atoms with Gasteiger partial charge in [0.25, 0.3) is 0 Å². The van der Waals surface area contributed by atoms with Gasteiger partial charge in [0.2, 0.25) is 5.91 Å². The average molecular weight is 422 g/mol. The van der Waals surface area contributed by atoms with E-state index in [1.807, 2.05) is 13.8 Å². The fourth-order valence-electron chi connectivity index (χ4n) is 4.71. The molecule has 0 saturated heterocycles. The minimum Gasteiger partial charge on any atom is -0.462 e. The quantitative estimate of drug-likeness (QED) is 0.535. The van der Waals surface area contributed by atoms with Crippen molar-refractivity contribution in [1.82, 2.24) is 0 Å². The lowest BCUT2D eigenvalue weighted by Crippen LogP contribution is -2.68. The fraction of sp³-hybridized carbons (Fsp3) is 0.619. The molecule has 3 aliphatic rings. The van der Waals surface area contributed by atoms with E-state index in [-0.39, 0.29) is 32.9 Å². The number of amides is 1. The summed E-state index contributed by atoms with van der Waals surface area (Å²) in [5, 5.41) is 3.06. The molecule has 5 heteroatoms. The summed E-state index contributed by atoms with van der Waals surface area (Å²) < 4.78 is 5.23. The minimum atomic E-state index is -0.378. The molecule has 1 amide bonds. The second kappa shape index (κ2) is 6.36. The molecule has 3 fully saturated rings. The van der Waals surface area contributed by atoms with Crippen molar-refractivity contribution in [3.05, 3.63) is 29.8 Å². The summed E-state index contributed by atoms with van der Waals surface area (Å²) >= 11 is 3.79. The smallest absolute Gasteiger partial charge is 0.338 e. The van der Waals surface area contributed by atoms with Crippen LogP contribution in [0, 0.1) is 22.2 Å². The van der Waals surface area contributed by atoms with Crippen molar-refractivity contribution in [3.8, 4) is 0 Å². The first kappa shape index (κ1) is 19.4. The number of anilines is 1. The minimum absolute atomic E-state index is 0.0428. The number of halogens is 1. The van der Waals surface area contributed by atoms with E-state index in [1.54, 1.807) is 24.3 Å². The van der Waals surface area contributed by atoms with Crippen LogP contribution in [-0.4, -0.2) is 23.3 Å². The van der Waals surface area contributed by atoms with Crippen LogP contribution in [0.3, 0.4) is 0 Å². The molecule has 0 aliphatic heterocycles. The van der Waals surface area contributed by atoms with Gasteiger partial charge in [-0.25, -0.2) is 4.79 Å². The molecule has 0 aromatic heterocycles. The normalized spacial score (nSPS) is 31.4. The Morgan fingerprint density at radius 2 is 1.81 bits per heavy atom. The number of esters is 1. The van der Waals surface area contributed by atoms with Crippen LogP contribution in [0.4, 0.5) is 5.69 Å². The lowest BCUT2D eigenvalue weighted by Gasteiger charge is -2.64. The van der Waals surface area contributed by atoms with Crippen molar-refractivity contribution in [1.29, 1.82) is 0 Å². The summed E-state index contributed by atoms with van der Waals surface area (Å²) in [5.74, 6) is 0.0359. The second-order valence-corrected chi connectivity index (χ2v) is 9.82. The molecule has 4 nitrogen and oxygen atoms in total. The van der Waals surface area contributed by atoms with Crippen LogP contribution in [0.15, 0.2) is 24.3 Å². The Balaban J connectivity index is 1.69. The van der Waals surface area contributed by atoms with E-state index in [2.05, 4.69) is 42.0 Å². The highest BCUT2D eigenvalue weighted by Crippen LogP contribution is 2.79. The first-order chi connectivity index (χ1) is 12.1. The largest absolute Gasteiger partial charge is 0.462 e. The third-order valence-electron chi connectivity index (χ3n) is 6.91. The maximum absolute atomic E-state index is 13.1.